The summed E-state index contributed by atoms with van der Waals surface area (Å²) in [5.74, 6) is -0.265. The number of carbonyl (C=O) groups is 2. The summed E-state index contributed by atoms with van der Waals surface area (Å²) in [5.41, 5.74) is -0.811. The molecular formula is C16H27NO4. The van der Waals surface area contributed by atoms with Crippen LogP contribution in [0, 0.1) is 0 Å². The Morgan fingerprint density at radius 3 is 2.38 bits per heavy atom. The Kier molecular flexibility index (Phi) is 4.61. The van der Waals surface area contributed by atoms with E-state index in [0.29, 0.717) is 19.4 Å². The second-order valence-electron chi connectivity index (χ2n) is 7.20. The number of esters is 1. The molecule has 2 fully saturated rings. The van der Waals surface area contributed by atoms with Crippen molar-refractivity contribution in [3.8, 4) is 0 Å². The summed E-state index contributed by atoms with van der Waals surface area (Å²) in [6, 6.07) is -0.425. The van der Waals surface area contributed by atoms with Crippen molar-refractivity contribution in [2.24, 2.45) is 0 Å². The Bertz CT molecular complexity index is 403. The number of rotatable bonds is 4. The monoisotopic (exact) mass is 297 g/mol. The van der Waals surface area contributed by atoms with Crippen LogP contribution in [0.25, 0.3) is 0 Å². The number of hydrogen-bond donors (Lipinski definition) is 0. The number of likely N-dealkylation sites (tertiary alicyclic amines) is 1. The van der Waals surface area contributed by atoms with Gasteiger partial charge in [-0.25, -0.2) is 4.79 Å². The molecule has 1 saturated carbocycles. The van der Waals surface area contributed by atoms with Crippen molar-refractivity contribution in [3.05, 3.63) is 0 Å². The average molecular weight is 297 g/mol. The van der Waals surface area contributed by atoms with Crippen molar-refractivity contribution in [2.75, 3.05) is 13.7 Å². The van der Waals surface area contributed by atoms with Gasteiger partial charge in [0.15, 0.2) is 0 Å². The summed E-state index contributed by atoms with van der Waals surface area (Å²) in [5, 5.41) is 0. The van der Waals surface area contributed by atoms with Crippen LogP contribution < -0.4 is 0 Å². The van der Waals surface area contributed by atoms with Gasteiger partial charge in [0, 0.05) is 13.7 Å². The van der Waals surface area contributed by atoms with Crippen molar-refractivity contribution in [2.45, 2.75) is 76.5 Å². The molecule has 0 unspecified atom stereocenters. The zero-order valence-corrected chi connectivity index (χ0v) is 13.6. The first-order valence-corrected chi connectivity index (χ1v) is 7.84. The van der Waals surface area contributed by atoms with Gasteiger partial charge >= 0.3 is 5.97 Å². The lowest BCUT2D eigenvalue weighted by atomic mass is 9.77. The van der Waals surface area contributed by atoms with E-state index < -0.39 is 11.6 Å². The summed E-state index contributed by atoms with van der Waals surface area (Å²) in [7, 11) is 1.67. The first-order chi connectivity index (χ1) is 9.76. The van der Waals surface area contributed by atoms with Crippen molar-refractivity contribution in [3.63, 3.8) is 0 Å². The zero-order valence-electron chi connectivity index (χ0n) is 13.6. The third kappa shape index (κ3) is 3.76. The minimum absolute atomic E-state index is 0.0184. The Morgan fingerprint density at radius 2 is 1.90 bits per heavy atom. The largest absolute Gasteiger partial charge is 0.458 e. The molecule has 120 valence electrons. The van der Waals surface area contributed by atoms with E-state index in [1.807, 2.05) is 20.8 Å². The Morgan fingerprint density at radius 1 is 1.24 bits per heavy atom. The van der Waals surface area contributed by atoms with Crippen LogP contribution in [0.4, 0.5) is 0 Å². The van der Waals surface area contributed by atoms with Crippen molar-refractivity contribution < 1.29 is 19.1 Å². The predicted octanol–water partition coefficient (Wildman–Crippen LogP) is 2.28. The van der Waals surface area contributed by atoms with Crippen LogP contribution >= 0.6 is 0 Å². The lowest BCUT2D eigenvalue weighted by molar-refractivity contribution is -0.165. The predicted molar refractivity (Wildman–Crippen MR) is 78.8 cm³/mol. The van der Waals surface area contributed by atoms with Gasteiger partial charge in [-0.05, 0) is 52.9 Å². The van der Waals surface area contributed by atoms with Gasteiger partial charge in [-0.1, -0.05) is 0 Å². The molecule has 0 aromatic carbocycles. The van der Waals surface area contributed by atoms with Crippen molar-refractivity contribution in [1.82, 2.24) is 4.90 Å². The van der Waals surface area contributed by atoms with E-state index in [9.17, 15) is 9.59 Å². The van der Waals surface area contributed by atoms with Crippen LogP contribution in [0.2, 0.25) is 0 Å². The fraction of sp³-hybridized carbons (Fsp3) is 0.875. The van der Waals surface area contributed by atoms with Gasteiger partial charge in [0.05, 0.1) is 12.0 Å². The van der Waals surface area contributed by atoms with Gasteiger partial charge in [-0.2, -0.15) is 0 Å². The van der Waals surface area contributed by atoms with Crippen LogP contribution in [0.1, 0.15) is 59.3 Å². The fourth-order valence-corrected chi connectivity index (χ4v) is 3.08. The van der Waals surface area contributed by atoms with Crippen LogP contribution in [0.5, 0.6) is 0 Å². The maximum atomic E-state index is 12.5. The molecule has 0 aromatic heterocycles. The summed E-state index contributed by atoms with van der Waals surface area (Å²) in [6.07, 6.45) is 4.90. The SMILES string of the molecule is COC1(CC(=O)N2CCC[C@@H]2C(=O)OC(C)(C)C)CCC1. The number of nitrogens with zero attached hydrogens (tertiary/aromatic N) is 1. The maximum absolute atomic E-state index is 12.5. The van der Waals surface area contributed by atoms with E-state index in [0.717, 1.165) is 25.7 Å². The molecule has 5 heteroatoms. The molecule has 2 aliphatic rings. The number of hydrogen-bond acceptors (Lipinski definition) is 4. The summed E-state index contributed by atoms with van der Waals surface area (Å²) in [6.45, 7) is 6.18. The molecule has 1 amide bonds. The van der Waals surface area contributed by atoms with E-state index in [-0.39, 0.29) is 17.5 Å². The second-order valence-corrected chi connectivity index (χ2v) is 7.20. The maximum Gasteiger partial charge on any atom is 0.329 e. The standard InChI is InChI=1S/C16H27NO4/c1-15(2,3)21-14(19)12-7-5-10-17(12)13(18)11-16(20-4)8-6-9-16/h12H,5-11H2,1-4H3/t12-/m1/s1. The minimum atomic E-state index is -0.518. The van der Waals surface area contributed by atoms with Crippen molar-refractivity contribution in [1.29, 1.82) is 0 Å². The molecular weight excluding hydrogens is 270 g/mol. The first-order valence-electron chi connectivity index (χ1n) is 7.84. The molecule has 1 aliphatic carbocycles. The van der Waals surface area contributed by atoms with Crippen molar-refractivity contribution >= 4 is 11.9 Å². The van der Waals surface area contributed by atoms with Gasteiger partial charge in [-0.15, -0.1) is 0 Å². The van der Waals surface area contributed by atoms with Crippen LogP contribution in [0.15, 0.2) is 0 Å². The van der Waals surface area contributed by atoms with E-state index in [4.69, 9.17) is 9.47 Å². The van der Waals surface area contributed by atoms with Crippen LogP contribution in [0.3, 0.4) is 0 Å². The summed E-state index contributed by atoms with van der Waals surface area (Å²) in [4.78, 5) is 26.5. The Labute approximate surface area is 127 Å². The summed E-state index contributed by atoms with van der Waals surface area (Å²) >= 11 is 0. The number of ether oxygens (including phenoxy) is 2. The molecule has 0 N–H and O–H groups in total. The highest BCUT2D eigenvalue weighted by molar-refractivity contribution is 5.86. The average Bonchev–Trinajstić information content (AvgIpc) is 2.80. The normalized spacial score (nSPS) is 24.6. The molecule has 1 saturated heterocycles. The fourth-order valence-electron chi connectivity index (χ4n) is 3.08. The quantitative estimate of drug-likeness (QED) is 0.747. The van der Waals surface area contributed by atoms with Crippen LogP contribution in [-0.4, -0.2) is 47.7 Å². The molecule has 1 atom stereocenters. The molecule has 2 rings (SSSR count). The third-order valence-electron chi connectivity index (χ3n) is 4.42. The molecule has 0 radical (unpaired) electrons. The van der Waals surface area contributed by atoms with E-state index in [1.165, 1.54) is 0 Å². The zero-order chi connectivity index (χ0) is 15.7. The highest BCUT2D eigenvalue weighted by atomic mass is 16.6. The lowest BCUT2D eigenvalue weighted by Gasteiger charge is -2.41. The van der Waals surface area contributed by atoms with Gasteiger partial charge in [0.2, 0.25) is 5.91 Å². The highest BCUT2D eigenvalue weighted by Gasteiger charge is 2.43. The number of methoxy groups -OCH3 is 1. The molecule has 0 bridgehead atoms. The highest BCUT2D eigenvalue weighted by Crippen LogP contribution is 2.39. The molecule has 0 aromatic rings. The molecule has 1 heterocycles. The van der Waals surface area contributed by atoms with Gasteiger partial charge in [0.1, 0.15) is 11.6 Å². The minimum Gasteiger partial charge on any atom is -0.458 e. The lowest BCUT2D eigenvalue weighted by Crippen LogP contribution is -2.48. The number of amides is 1. The molecule has 5 nitrogen and oxygen atoms in total. The van der Waals surface area contributed by atoms with E-state index >= 15 is 0 Å². The van der Waals surface area contributed by atoms with E-state index in [1.54, 1.807) is 12.0 Å². The van der Waals surface area contributed by atoms with E-state index in [2.05, 4.69) is 0 Å². The molecule has 1 aliphatic heterocycles. The topological polar surface area (TPSA) is 55.8 Å². The Balaban J connectivity index is 1.98. The van der Waals surface area contributed by atoms with Crippen LogP contribution in [-0.2, 0) is 19.1 Å². The second kappa shape index (κ2) is 5.95. The molecule has 21 heavy (non-hydrogen) atoms. The molecule has 0 spiro atoms. The smallest absolute Gasteiger partial charge is 0.329 e. The van der Waals surface area contributed by atoms with Gasteiger partial charge in [-0.3, -0.25) is 4.79 Å². The van der Waals surface area contributed by atoms with Gasteiger partial charge in [0.25, 0.3) is 0 Å². The third-order valence-corrected chi connectivity index (χ3v) is 4.42. The summed E-state index contributed by atoms with van der Waals surface area (Å²) < 4.78 is 11.0. The number of carbonyl (C=O) groups excluding carboxylic acids is 2. The first kappa shape index (κ1) is 16.3. The van der Waals surface area contributed by atoms with Gasteiger partial charge < -0.3 is 14.4 Å². The Hall–Kier alpha value is -1.10.